The molecule has 1 saturated heterocycles. The Bertz CT molecular complexity index is 953. The van der Waals surface area contributed by atoms with Crippen molar-refractivity contribution in [3.05, 3.63) is 66.0 Å². The molecular formula is C22H27FN2O3S. The summed E-state index contributed by atoms with van der Waals surface area (Å²) in [4.78, 5) is 13.0. The fourth-order valence-corrected chi connectivity index (χ4v) is 5.13. The van der Waals surface area contributed by atoms with Crippen molar-refractivity contribution in [3.8, 4) is 0 Å². The van der Waals surface area contributed by atoms with Gasteiger partial charge in [-0.3, -0.25) is 4.79 Å². The lowest BCUT2D eigenvalue weighted by atomic mass is 9.83. The Labute approximate surface area is 172 Å². The highest BCUT2D eigenvalue weighted by atomic mass is 32.2. The largest absolute Gasteiger partial charge is 0.355 e. The Morgan fingerprint density at radius 2 is 1.66 bits per heavy atom. The Morgan fingerprint density at radius 3 is 2.28 bits per heavy atom. The van der Waals surface area contributed by atoms with Gasteiger partial charge in [0.15, 0.2) is 0 Å². The first kappa shape index (κ1) is 21.5. The van der Waals surface area contributed by atoms with Crippen LogP contribution < -0.4 is 5.32 Å². The van der Waals surface area contributed by atoms with E-state index in [0.717, 1.165) is 0 Å². The van der Waals surface area contributed by atoms with Crippen LogP contribution in [0.1, 0.15) is 32.3 Å². The fraction of sp³-hybridized carbons (Fsp3) is 0.409. The summed E-state index contributed by atoms with van der Waals surface area (Å²) in [6, 6.07) is 14.7. The van der Waals surface area contributed by atoms with Crippen molar-refractivity contribution in [1.29, 1.82) is 0 Å². The number of nitrogens with zero attached hydrogens (tertiary/aromatic N) is 1. The van der Waals surface area contributed by atoms with Crippen LogP contribution in [-0.4, -0.2) is 38.3 Å². The van der Waals surface area contributed by atoms with E-state index in [-0.39, 0.29) is 11.8 Å². The van der Waals surface area contributed by atoms with Crippen molar-refractivity contribution in [2.24, 2.45) is 5.92 Å². The highest BCUT2D eigenvalue weighted by Gasteiger charge is 2.33. The van der Waals surface area contributed by atoms with Crippen molar-refractivity contribution < 1.29 is 17.6 Å². The minimum atomic E-state index is -3.48. The zero-order valence-electron chi connectivity index (χ0n) is 16.8. The third kappa shape index (κ3) is 4.67. The van der Waals surface area contributed by atoms with E-state index in [1.165, 1.54) is 10.4 Å². The van der Waals surface area contributed by atoms with Crippen LogP contribution in [0.4, 0.5) is 4.39 Å². The molecule has 1 amide bonds. The number of amides is 1. The topological polar surface area (TPSA) is 66.5 Å². The first-order chi connectivity index (χ1) is 13.7. The van der Waals surface area contributed by atoms with Gasteiger partial charge >= 0.3 is 0 Å². The molecule has 2 aromatic rings. The van der Waals surface area contributed by atoms with Gasteiger partial charge in [-0.15, -0.1) is 0 Å². The van der Waals surface area contributed by atoms with E-state index < -0.39 is 21.3 Å². The second-order valence-corrected chi connectivity index (χ2v) is 9.91. The van der Waals surface area contributed by atoms with Crippen molar-refractivity contribution in [1.82, 2.24) is 9.62 Å². The predicted octanol–water partition coefficient (Wildman–Crippen LogP) is 3.32. The van der Waals surface area contributed by atoms with E-state index in [1.54, 1.807) is 62.4 Å². The van der Waals surface area contributed by atoms with Gasteiger partial charge in [-0.2, -0.15) is 4.31 Å². The zero-order chi connectivity index (χ0) is 21.1. The first-order valence-electron chi connectivity index (χ1n) is 9.81. The van der Waals surface area contributed by atoms with Gasteiger partial charge < -0.3 is 5.32 Å². The summed E-state index contributed by atoms with van der Waals surface area (Å²) in [6.07, 6.45) is 1.35. The van der Waals surface area contributed by atoms with Crippen LogP contribution in [0.25, 0.3) is 0 Å². The lowest BCUT2D eigenvalue weighted by Gasteiger charge is -2.32. The number of benzene rings is 2. The minimum Gasteiger partial charge on any atom is -0.355 e. The standard InChI is InChI=1S/C22H27FN2O3S/c1-22(2,19-10-6-7-11-20(19)23)21(26)24-16-17-12-14-25(15-13-17)29(27,28)18-8-4-3-5-9-18/h3-11,17H,12-16H2,1-2H3,(H,24,26). The molecule has 29 heavy (non-hydrogen) atoms. The lowest BCUT2D eigenvalue weighted by molar-refractivity contribution is -0.126. The maximum atomic E-state index is 14.1. The Morgan fingerprint density at radius 1 is 1.07 bits per heavy atom. The van der Waals surface area contributed by atoms with Crippen LogP contribution in [0.5, 0.6) is 0 Å². The van der Waals surface area contributed by atoms with Crippen molar-refractivity contribution in [3.63, 3.8) is 0 Å². The quantitative estimate of drug-likeness (QED) is 0.783. The molecule has 3 rings (SSSR count). The molecule has 1 aliphatic rings. The fourth-order valence-electron chi connectivity index (χ4n) is 3.64. The van der Waals surface area contributed by atoms with Crippen molar-refractivity contribution in [2.75, 3.05) is 19.6 Å². The van der Waals surface area contributed by atoms with E-state index in [9.17, 15) is 17.6 Å². The molecular weight excluding hydrogens is 391 g/mol. The highest BCUT2D eigenvalue weighted by Crippen LogP contribution is 2.27. The predicted molar refractivity (Wildman–Crippen MR) is 110 cm³/mol. The van der Waals surface area contributed by atoms with Crippen LogP contribution in [0.15, 0.2) is 59.5 Å². The van der Waals surface area contributed by atoms with Crippen molar-refractivity contribution in [2.45, 2.75) is 37.0 Å². The molecule has 0 saturated carbocycles. The van der Waals surface area contributed by atoms with Gasteiger partial charge in [0.2, 0.25) is 15.9 Å². The lowest BCUT2D eigenvalue weighted by Crippen LogP contribution is -2.45. The molecule has 0 aromatic heterocycles. The molecule has 1 N–H and O–H groups in total. The van der Waals surface area contributed by atoms with E-state index in [1.807, 2.05) is 0 Å². The number of sulfonamides is 1. The number of rotatable bonds is 6. The molecule has 1 fully saturated rings. The summed E-state index contributed by atoms with van der Waals surface area (Å²) in [5, 5.41) is 2.93. The van der Waals surface area contributed by atoms with Gasteiger partial charge in [-0.25, -0.2) is 12.8 Å². The number of carbonyl (C=O) groups is 1. The summed E-state index contributed by atoms with van der Waals surface area (Å²) in [5.41, 5.74) is -0.621. The summed E-state index contributed by atoms with van der Waals surface area (Å²) in [6.45, 7) is 4.71. The van der Waals surface area contributed by atoms with Gasteiger partial charge in [-0.05, 0) is 50.8 Å². The summed E-state index contributed by atoms with van der Waals surface area (Å²) in [7, 11) is -3.48. The van der Waals surface area contributed by atoms with Crippen LogP contribution in [-0.2, 0) is 20.2 Å². The highest BCUT2D eigenvalue weighted by molar-refractivity contribution is 7.89. The zero-order valence-corrected chi connectivity index (χ0v) is 17.6. The SMILES string of the molecule is CC(C)(C(=O)NCC1CCN(S(=O)(=O)c2ccccc2)CC1)c1ccccc1F. The molecule has 1 heterocycles. The number of hydrogen-bond acceptors (Lipinski definition) is 3. The number of halogens is 1. The summed E-state index contributed by atoms with van der Waals surface area (Å²) < 4.78 is 41.0. The smallest absolute Gasteiger partial charge is 0.243 e. The molecule has 1 aliphatic heterocycles. The van der Waals surface area contributed by atoms with Crippen LogP contribution in [0.2, 0.25) is 0 Å². The maximum Gasteiger partial charge on any atom is 0.243 e. The van der Waals surface area contributed by atoms with E-state index >= 15 is 0 Å². The van der Waals surface area contributed by atoms with Gasteiger partial charge in [0.05, 0.1) is 10.3 Å². The average molecular weight is 419 g/mol. The average Bonchev–Trinajstić information content (AvgIpc) is 2.73. The minimum absolute atomic E-state index is 0.192. The second-order valence-electron chi connectivity index (χ2n) is 7.98. The van der Waals surface area contributed by atoms with E-state index in [0.29, 0.717) is 42.9 Å². The first-order valence-corrected chi connectivity index (χ1v) is 11.3. The monoisotopic (exact) mass is 418 g/mol. The number of nitrogens with one attached hydrogen (secondary N) is 1. The Kier molecular flexibility index (Phi) is 6.39. The number of piperidine rings is 1. The van der Waals surface area contributed by atoms with Crippen LogP contribution >= 0.6 is 0 Å². The van der Waals surface area contributed by atoms with Crippen LogP contribution in [0, 0.1) is 11.7 Å². The number of hydrogen-bond donors (Lipinski definition) is 1. The molecule has 0 atom stereocenters. The molecule has 7 heteroatoms. The molecule has 0 bridgehead atoms. The van der Waals surface area contributed by atoms with E-state index in [2.05, 4.69) is 5.32 Å². The molecule has 2 aromatic carbocycles. The second kappa shape index (κ2) is 8.63. The van der Waals surface area contributed by atoms with Gasteiger partial charge in [-0.1, -0.05) is 36.4 Å². The van der Waals surface area contributed by atoms with Gasteiger partial charge in [0.25, 0.3) is 0 Å². The molecule has 156 valence electrons. The molecule has 0 unspecified atom stereocenters. The molecule has 0 spiro atoms. The number of carbonyl (C=O) groups excluding carboxylic acids is 1. The Hall–Kier alpha value is -2.25. The van der Waals surface area contributed by atoms with E-state index in [4.69, 9.17) is 0 Å². The summed E-state index contributed by atoms with van der Waals surface area (Å²) in [5.74, 6) is -0.438. The third-order valence-electron chi connectivity index (χ3n) is 5.62. The van der Waals surface area contributed by atoms with Gasteiger partial charge in [0, 0.05) is 25.2 Å². The maximum absolute atomic E-state index is 14.1. The van der Waals surface area contributed by atoms with Crippen LogP contribution in [0.3, 0.4) is 0 Å². The molecule has 5 nitrogen and oxygen atoms in total. The summed E-state index contributed by atoms with van der Waals surface area (Å²) >= 11 is 0. The molecule has 0 aliphatic carbocycles. The van der Waals surface area contributed by atoms with Crippen molar-refractivity contribution >= 4 is 15.9 Å². The third-order valence-corrected chi connectivity index (χ3v) is 7.53. The molecule has 0 radical (unpaired) electrons. The normalized spacial score (nSPS) is 16.5. The Balaban J connectivity index is 1.55. The van der Waals surface area contributed by atoms with Gasteiger partial charge in [0.1, 0.15) is 5.82 Å².